The van der Waals surface area contributed by atoms with Crippen LogP contribution in [0.5, 0.6) is 0 Å². The van der Waals surface area contributed by atoms with Gasteiger partial charge >= 0.3 is 0 Å². The lowest BCUT2D eigenvalue weighted by molar-refractivity contribution is -0.131. The minimum atomic E-state index is -1.13. The molecule has 1 atom stereocenters. The molecule has 0 spiro atoms. The number of aliphatic hydroxyl groups is 1. The Bertz CT molecular complexity index is 585. The molecular weight excluding hydrogens is 286 g/mol. The van der Waals surface area contributed by atoms with Crippen LogP contribution in [0.1, 0.15) is 31.4 Å². The minimum Gasteiger partial charge on any atom is -0.380 e. The summed E-state index contributed by atoms with van der Waals surface area (Å²) in [5.74, 6) is -0.0619. The highest BCUT2D eigenvalue weighted by Crippen LogP contribution is 2.37. The molecule has 0 heterocycles. The van der Waals surface area contributed by atoms with Crippen LogP contribution < -0.4 is 0 Å². The Morgan fingerprint density at radius 3 is 1.87 bits per heavy atom. The van der Waals surface area contributed by atoms with Crippen molar-refractivity contribution >= 4 is 5.91 Å². The molecule has 0 aliphatic carbocycles. The van der Waals surface area contributed by atoms with Crippen LogP contribution in [0.15, 0.2) is 60.7 Å². The fraction of sp³-hybridized carbons (Fsp3) is 0.350. The van der Waals surface area contributed by atoms with Gasteiger partial charge in [0.15, 0.2) is 0 Å². The van der Waals surface area contributed by atoms with E-state index >= 15 is 0 Å². The van der Waals surface area contributed by atoms with Gasteiger partial charge in [0.05, 0.1) is 0 Å². The van der Waals surface area contributed by atoms with Gasteiger partial charge in [0.1, 0.15) is 5.60 Å². The summed E-state index contributed by atoms with van der Waals surface area (Å²) in [4.78, 5) is 13.6. The van der Waals surface area contributed by atoms with E-state index in [1.165, 1.54) is 0 Å². The van der Waals surface area contributed by atoms with Crippen molar-refractivity contribution in [3.05, 3.63) is 71.8 Å². The molecule has 1 amide bonds. The molecule has 0 aliphatic rings. The van der Waals surface area contributed by atoms with Crippen LogP contribution in [0, 0.1) is 5.92 Å². The summed E-state index contributed by atoms with van der Waals surface area (Å²) < 4.78 is 0. The highest BCUT2D eigenvalue weighted by atomic mass is 16.3. The van der Waals surface area contributed by atoms with Gasteiger partial charge in [-0.3, -0.25) is 4.79 Å². The molecule has 0 radical (unpaired) electrons. The van der Waals surface area contributed by atoms with Gasteiger partial charge in [-0.2, -0.15) is 0 Å². The average molecular weight is 311 g/mol. The second kappa shape index (κ2) is 7.42. The number of carbonyl (C=O) groups is 1. The fourth-order valence-corrected chi connectivity index (χ4v) is 3.03. The van der Waals surface area contributed by atoms with E-state index in [4.69, 9.17) is 0 Å². The lowest BCUT2D eigenvalue weighted by Crippen LogP contribution is -2.42. The Labute approximate surface area is 138 Å². The summed E-state index contributed by atoms with van der Waals surface area (Å²) in [5.41, 5.74) is 0.553. The monoisotopic (exact) mass is 311 g/mol. The lowest BCUT2D eigenvalue weighted by atomic mass is 9.76. The molecule has 0 saturated carbocycles. The number of rotatable bonds is 6. The van der Waals surface area contributed by atoms with Crippen LogP contribution >= 0.6 is 0 Å². The largest absolute Gasteiger partial charge is 0.380 e. The van der Waals surface area contributed by atoms with Crippen LogP contribution in [-0.2, 0) is 10.4 Å². The summed E-state index contributed by atoms with van der Waals surface area (Å²) >= 11 is 0. The first-order chi connectivity index (χ1) is 11.0. The van der Waals surface area contributed by atoms with Crippen LogP contribution in [0.3, 0.4) is 0 Å². The molecule has 122 valence electrons. The topological polar surface area (TPSA) is 40.5 Å². The third-order valence-corrected chi connectivity index (χ3v) is 4.42. The zero-order chi connectivity index (χ0) is 16.9. The van der Waals surface area contributed by atoms with E-state index < -0.39 is 5.60 Å². The van der Waals surface area contributed by atoms with Crippen molar-refractivity contribution in [1.82, 2.24) is 4.90 Å². The third-order valence-electron chi connectivity index (χ3n) is 4.42. The number of hydrogen-bond donors (Lipinski definition) is 1. The van der Waals surface area contributed by atoms with Gasteiger partial charge in [-0.25, -0.2) is 0 Å². The van der Waals surface area contributed by atoms with Crippen LogP contribution in [-0.4, -0.2) is 29.5 Å². The Kier molecular flexibility index (Phi) is 5.56. The smallest absolute Gasteiger partial charge is 0.222 e. The number of hydrogen-bond acceptors (Lipinski definition) is 2. The van der Waals surface area contributed by atoms with E-state index in [1.54, 1.807) is 11.9 Å². The van der Waals surface area contributed by atoms with Gasteiger partial charge in [-0.1, -0.05) is 74.5 Å². The maximum Gasteiger partial charge on any atom is 0.222 e. The quantitative estimate of drug-likeness (QED) is 0.888. The summed E-state index contributed by atoms with van der Waals surface area (Å²) in [6.45, 7) is 4.33. The maximum atomic E-state index is 11.9. The highest BCUT2D eigenvalue weighted by molar-refractivity contribution is 5.75. The van der Waals surface area contributed by atoms with Crippen molar-refractivity contribution in [1.29, 1.82) is 0 Å². The molecular formula is C20H25NO2. The van der Waals surface area contributed by atoms with Crippen LogP contribution in [0.25, 0.3) is 0 Å². The van der Waals surface area contributed by atoms with Crippen LogP contribution in [0.2, 0.25) is 0 Å². The fourth-order valence-electron chi connectivity index (χ4n) is 3.03. The molecule has 2 aromatic rings. The van der Waals surface area contributed by atoms with E-state index in [0.29, 0.717) is 13.0 Å². The number of amides is 1. The average Bonchev–Trinajstić information content (AvgIpc) is 2.61. The van der Waals surface area contributed by atoms with Gasteiger partial charge in [0.2, 0.25) is 5.91 Å². The molecule has 1 unspecified atom stereocenters. The second-order valence-corrected chi connectivity index (χ2v) is 6.03. The number of carbonyl (C=O) groups excluding carboxylic acids is 1. The molecule has 0 bridgehead atoms. The van der Waals surface area contributed by atoms with Gasteiger partial charge < -0.3 is 10.0 Å². The molecule has 0 aromatic heterocycles. The van der Waals surface area contributed by atoms with E-state index in [-0.39, 0.29) is 11.8 Å². The van der Waals surface area contributed by atoms with Gasteiger partial charge in [0, 0.05) is 25.9 Å². The summed E-state index contributed by atoms with van der Waals surface area (Å²) in [5, 5.41) is 11.6. The molecule has 3 nitrogen and oxygen atoms in total. The molecule has 3 heteroatoms. The predicted octanol–water partition coefficient (Wildman–Crippen LogP) is 3.43. The molecule has 0 fully saturated rings. The third kappa shape index (κ3) is 3.62. The SMILES string of the molecule is CCC(=O)N(C)CC(C)C(O)(c1ccccc1)c1ccccc1. The van der Waals surface area contributed by atoms with E-state index in [1.807, 2.05) is 74.5 Å². The van der Waals surface area contributed by atoms with E-state index in [9.17, 15) is 9.90 Å². The Hall–Kier alpha value is -2.13. The Morgan fingerprint density at radius 1 is 1.04 bits per heavy atom. The summed E-state index contributed by atoms with van der Waals surface area (Å²) in [6, 6.07) is 19.3. The molecule has 1 N–H and O–H groups in total. The Morgan fingerprint density at radius 2 is 1.48 bits per heavy atom. The zero-order valence-electron chi connectivity index (χ0n) is 14.1. The first-order valence-corrected chi connectivity index (χ1v) is 8.07. The first kappa shape index (κ1) is 17.2. The van der Waals surface area contributed by atoms with E-state index in [2.05, 4.69) is 0 Å². The van der Waals surface area contributed by atoms with Crippen molar-refractivity contribution in [2.24, 2.45) is 5.92 Å². The molecule has 0 aliphatic heterocycles. The predicted molar refractivity (Wildman–Crippen MR) is 93.0 cm³/mol. The van der Waals surface area contributed by atoms with Crippen molar-refractivity contribution in [3.63, 3.8) is 0 Å². The van der Waals surface area contributed by atoms with Crippen molar-refractivity contribution in [2.75, 3.05) is 13.6 Å². The molecule has 0 saturated heterocycles. The normalized spacial score (nSPS) is 12.7. The van der Waals surface area contributed by atoms with Gasteiger partial charge in [0.25, 0.3) is 0 Å². The standard InChI is InChI=1S/C20H25NO2/c1-4-19(22)21(3)15-16(2)20(23,17-11-7-5-8-12-17)18-13-9-6-10-14-18/h5-14,16,23H,4,15H2,1-3H3. The molecule has 2 rings (SSSR count). The second-order valence-electron chi connectivity index (χ2n) is 6.03. The highest BCUT2D eigenvalue weighted by Gasteiger charge is 2.38. The van der Waals surface area contributed by atoms with Crippen LogP contribution in [0.4, 0.5) is 0 Å². The molecule has 23 heavy (non-hydrogen) atoms. The summed E-state index contributed by atoms with van der Waals surface area (Å²) in [6.07, 6.45) is 0.471. The van der Waals surface area contributed by atoms with E-state index in [0.717, 1.165) is 11.1 Å². The van der Waals surface area contributed by atoms with Crippen molar-refractivity contribution in [2.45, 2.75) is 25.9 Å². The maximum absolute atomic E-state index is 11.9. The van der Waals surface area contributed by atoms with Gasteiger partial charge in [-0.05, 0) is 11.1 Å². The van der Waals surface area contributed by atoms with Crippen molar-refractivity contribution < 1.29 is 9.90 Å². The molecule has 2 aromatic carbocycles. The Balaban J connectivity index is 2.40. The number of benzene rings is 2. The van der Waals surface area contributed by atoms with Gasteiger partial charge in [-0.15, -0.1) is 0 Å². The zero-order valence-corrected chi connectivity index (χ0v) is 14.1. The van der Waals surface area contributed by atoms with Crippen molar-refractivity contribution in [3.8, 4) is 0 Å². The lowest BCUT2D eigenvalue weighted by Gasteiger charge is -2.37. The first-order valence-electron chi connectivity index (χ1n) is 8.07. The minimum absolute atomic E-state index is 0.0836. The summed E-state index contributed by atoms with van der Waals surface area (Å²) in [7, 11) is 1.79. The number of nitrogens with zero attached hydrogens (tertiary/aromatic N) is 1.